The van der Waals surface area contributed by atoms with Gasteiger partial charge < -0.3 is 9.73 Å². The first kappa shape index (κ1) is 13.8. The fourth-order valence-corrected chi connectivity index (χ4v) is 2.54. The van der Waals surface area contributed by atoms with Crippen molar-refractivity contribution >= 4 is 38.5 Å². The number of hydrogen-bond acceptors (Lipinski definition) is 3. The third-order valence-corrected chi connectivity index (χ3v) is 3.88. The molecule has 0 saturated heterocycles. The standard InChI is InChI=1S/C16H13BrN2O2/c1-9-5-6-18-8-13(9)19-16(20)15-10(2)12-7-11(17)3-4-14(12)21-15/h3-8H,1-2H3,(H,19,20). The van der Waals surface area contributed by atoms with Gasteiger partial charge in [-0.25, -0.2) is 0 Å². The summed E-state index contributed by atoms with van der Waals surface area (Å²) in [5.74, 6) is 0.0577. The lowest BCUT2D eigenvalue weighted by Crippen LogP contribution is -2.13. The number of anilines is 1. The first-order chi connectivity index (χ1) is 10.1. The highest BCUT2D eigenvalue weighted by Crippen LogP contribution is 2.28. The number of aromatic nitrogens is 1. The third-order valence-electron chi connectivity index (χ3n) is 3.39. The molecule has 3 rings (SSSR count). The predicted molar refractivity (Wildman–Crippen MR) is 85.6 cm³/mol. The molecule has 0 bridgehead atoms. The maximum atomic E-state index is 12.4. The van der Waals surface area contributed by atoms with E-state index in [1.807, 2.05) is 38.1 Å². The number of pyridine rings is 1. The normalized spacial score (nSPS) is 10.8. The van der Waals surface area contributed by atoms with E-state index < -0.39 is 0 Å². The Balaban J connectivity index is 1.99. The molecule has 0 radical (unpaired) electrons. The van der Waals surface area contributed by atoms with Crippen molar-refractivity contribution in [3.8, 4) is 0 Å². The Labute approximate surface area is 130 Å². The summed E-state index contributed by atoms with van der Waals surface area (Å²) in [5, 5.41) is 3.76. The zero-order valence-corrected chi connectivity index (χ0v) is 13.2. The fraction of sp³-hybridized carbons (Fsp3) is 0.125. The summed E-state index contributed by atoms with van der Waals surface area (Å²) in [6, 6.07) is 7.52. The van der Waals surface area contributed by atoms with Crippen molar-refractivity contribution in [3.63, 3.8) is 0 Å². The SMILES string of the molecule is Cc1ccncc1NC(=O)c1oc2ccc(Br)cc2c1C. The molecule has 2 heterocycles. The lowest BCUT2D eigenvalue weighted by Gasteiger charge is -2.06. The highest BCUT2D eigenvalue weighted by molar-refractivity contribution is 9.10. The minimum absolute atomic E-state index is 0.268. The summed E-state index contributed by atoms with van der Waals surface area (Å²) < 4.78 is 6.63. The Bertz CT molecular complexity index is 839. The van der Waals surface area contributed by atoms with Crippen molar-refractivity contribution in [2.75, 3.05) is 5.32 Å². The minimum Gasteiger partial charge on any atom is -0.451 e. The van der Waals surface area contributed by atoms with Crippen LogP contribution in [-0.2, 0) is 0 Å². The van der Waals surface area contributed by atoms with Gasteiger partial charge in [0.05, 0.1) is 11.9 Å². The number of aryl methyl sites for hydroxylation is 2. The second-order valence-electron chi connectivity index (χ2n) is 4.84. The van der Waals surface area contributed by atoms with E-state index in [4.69, 9.17) is 4.42 Å². The van der Waals surface area contributed by atoms with Gasteiger partial charge in [0.1, 0.15) is 5.58 Å². The molecule has 1 aromatic carbocycles. The van der Waals surface area contributed by atoms with Crippen molar-refractivity contribution in [1.29, 1.82) is 0 Å². The van der Waals surface area contributed by atoms with Gasteiger partial charge in [-0.1, -0.05) is 15.9 Å². The molecule has 0 unspecified atom stereocenters. The second kappa shape index (κ2) is 5.33. The molecule has 0 atom stereocenters. The Morgan fingerprint density at radius 2 is 2.10 bits per heavy atom. The molecule has 106 valence electrons. The van der Waals surface area contributed by atoms with Crippen LogP contribution in [0.1, 0.15) is 21.7 Å². The summed E-state index contributed by atoms with van der Waals surface area (Å²) in [6.45, 7) is 3.79. The van der Waals surface area contributed by atoms with Crippen LogP contribution in [0.5, 0.6) is 0 Å². The molecule has 5 heteroatoms. The summed E-state index contributed by atoms with van der Waals surface area (Å²) >= 11 is 3.43. The summed E-state index contributed by atoms with van der Waals surface area (Å²) in [5.41, 5.74) is 3.16. The number of rotatable bonds is 2. The highest BCUT2D eigenvalue weighted by atomic mass is 79.9. The van der Waals surface area contributed by atoms with Gasteiger partial charge in [-0.2, -0.15) is 0 Å². The van der Waals surface area contributed by atoms with Gasteiger partial charge in [0, 0.05) is 21.6 Å². The summed E-state index contributed by atoms with van der Waals surface area (Å²) in [4.78, 5) is 16.4. The van der Waals surface area contributed by atoms with Gasteiger partial charge in [0.15, 0.2) is 5.76 Å². The third kappa shape index (κ3) is 2.56. The molecular formula is C16H13BrN2O2. The lowest BCUT2D eigenvalue weighted by atomic mass is 10.1. The maximum Gasteiger partial charge on any atom is 0.291 e. The van der Waals surface area contributed by atoms with Crippen LogP contribution in [0.25, 0.3) is 11.0 Å². The molecule has 0 aliphatic carbocycles. The number of benzene rings is 1. The fourth-order valence-electron chi connectivity index (χ4n) is 2.18. The molecule has 1 amide bonds. The van der Waals surface area contributed by atoms with Crippen LogP contribution in [0.15, 0.2) is 45.5 Å². The van der Waals surface area contributed by atoms with E-state index >= 15 is 0 Å². The molecule has 2 aromatic heterocycles. The molecular weight excluding hydrogens is 332 g/mol. The van der Waals surface area contributed by atoms with E-state index in [2.05, 4.69) is 26.2 Å². The van der Waals surface area contributed by atoms with E-state index in [0.717, 1.165) is 21.0 Å². The van der Waals surface area contributed by atoms with Crippen molar-refractivity contribution in [2.45, 2.75) is 13.8 Å². The maximum absolute atomic E-state index is 12.4. The zero-order valence-electron chi connectivity index (χ0n) is 11.6. The number of nitrogens with zero attached hydrogens (tertiary/aromatic N) is 1. The average molecular weight is 345 g/mol. The first-order valence-corrected chi connectivity index (χ1v) is 7.26. The van der Waals surface area contributed by atoms with Gasteiger partial charge in [-0.3, -0.25) is 9.78 Å². The topological polar surface area (TPSA) is 55.1 Å². The summed E-state index contributed by atoms with van der Waals surface area (Å²) in [6.07, 6.45) is 3.32. The van der Waals surface area contributed by atoms with Gasteiger partial charge >= 0.3 is 0 Å². The number of carbonyl (C=O) groups is 1. The van der Waals surface area contributed by atoms with E-state index in [9.17, 15) is 4.79 Å². The number of hydrogen-bond donors (Lipinski definition) is 1. The van der Waals surface area contributed by atoms with Crippen LogP contribution in [0, 0.1) is 13.8 Å². The molecule has 4 nitrogen and oxygen atoms in total. The van der Waals surface area contributed by atoms with Gasteiger partial charge in [-0.15, -0.1) is 0 Å². The number of halogens is 1. The Morgan fingerprint density at radius 3 is 2.86 bits per heavy atom. The zero-order chi connectivity index (χ0) is 15.0. The largest absolute Gasteiger partial charge is 0.451 e. The molecule has 0 aliphatic heterocycles. The number of nitrogens with one attached hydrogen (secondary N) is 1. The smallest absolute Gasteiger partial charge is 0.291 e. The average Bonchev–Trinajstić information content (AvgIpc) is 2.79. The van der Waals surface area contributed by atoms with Crippen molar-refractivity contribution in [2.24, 2.45) is 0 Å². The number of fused-ring (bicyclic) bond motifs is 1. The van der Waals surface area contributed by atoms with Crippen LogP contribution in [-0.4, -0.2) is 10.9 Å². The van der Waals surface area contributed by atoms with Crippen LogP contribution < -0.4 is 5.32 Å². The van der Waals surface area contributed by atoms with E-state index in [-0.39, 0.29) is 5.91 Å². The van der Waals surface area contributed by atoms with Crippen LogP contribution in [0.3, 0.4) is 0 Å². The number of furan rings is 1. The quantitative estimate of drug-likeness (QED) is 0.746. The molecule has 0 aliphatic rings. The molecule has 0 spiro atoms. The van der Waals surface area contributed by atoms with Gasteiger partial charge in [0.2, 0.25) is 0 Å². The molecule has 0 fully saturated rings. The second-order valence-corrected chi connectivity index (χ2v) is 5.76. The van der Waals surface area contributed by atoms with Crippen LogP contribution in [0.2, 0.25) is 0 Å². The molecule has 3 aromatic rings. The van der Waals surface area contributed by atoms with Crippen molar-refractivity contribution in [1.82, 2.24) is 4.98 Å². The van der Waals surface area contributed by atoms with Crippen LogP contribution in [0.4, 0.5) is 5.69 Å². The minimum atomic E-state index is -0.268. The monoisotopic (exact) mass is 344 g/mol. The van der Waals surface area contributed by atoms with E-state index in [1.165, 1.54) is 0 Å². The first-order valence-electron chi connectivity index (χ1n) is 6.47. The number of amides is 1. The van der Waals surface area contributed by atoms with Crippen LogP contribution >= 0.6 is 15.9 Å². The van der Waals surface area contributed by atoms with Crippen molar-refractivity contribution in [3.05, 3.63) is 58.0 Å². The highest BCUT2D eigenvalue weighted by Gasteiger charge is 2.18. The van der Waals surface area contributed by atoms with E-state index in [0.29, 0.717) is 17.0 Å². The van der Waals surface area contributed by atoms with Crippen molar-refractivity contribution < 1.29 is 9.21 Å². The Kier molecular flexibility index (Phi) is 3.51. The molecule has 1 N–H and O–H groups in total. The number of carbonyl (C=O) groups excluding carboxylic acids is 1. The Hall–Kier alpha value is -2.14. The van der Waals surface area contributed by atoms with E-state index in [1.54, 1.807) is 12.4 Å². The Morgan fingerprint density at radius 1 is 1.29 bits per heavy atom. The van der Waals surface area contributed by atoms with Gasteiger partial charge in [0.25, 0.3) is 5.91 Å². The van der Waals surface area contributed by atoms with Gasteiger partial charge in [-0.05, 0) is 43.7 Å². The predicted octanol–water partition coefficient (Wildman–Crippen LogP) is 4.46. The molecule has 0 saturated carbocycles. The lowest BCUT2D eigenvalue weighted by molar-refractivity contribution is 0.0998. The molecule has 21 heavy (non-hydrogen) atoms. The summed E-state index contributed by atoms with van der Waals surface area (Å²) in [7, 11) is 0.